The maximum absolute atomic E-state index is 13.6. The Labute approximate surface area is 251 Å². The van der Waals surface area contributed by atoms with Gasteiger partial charge in [-0.2, -0.15) is 0 Å². The summed E-state index contributed by atoms with van der Waals surface area (Å²) in [6.45, 7) is 12.8. The van der Waals surface area contributed by atoms with Gasteiger partial charge < -0.3 is 19.4 Å². The molecule has 6 nitrogen and oxygen atoms in total. The van der Waals surface area contributed by atoms with Crippen LogP contribution in [0.15, 0.2) is 79.8 Å². The average molecular weight is 586 g/mol. The van der Waals surface area contributed by atoms with E-state index in [1.807, 2.05) is 70.3 Å². The first-order valence-corrected chi connectivity index (χ1v) is 14.4. The molecule has 0 amide bonds. The second-order valence-corrected chi connectivity index (χ2v) is 12.2. The summed E-state index contributed by atoms with van der Waals surface area (Å²) in [6, 6.07) is 14.9. The van der Waals surface area contributed by atoms with Crippen molar-refractivity contribution in [2.45, 2.75) is 59.2 Å². The Morgan fingerprint density at radius 1 is 1.09 bits per heavy atom. The molecule has 0 atom stereocenters. The molecule has 5 rings (SSSR count). The van der Waals surface area contributed by atoms with E-state index in [9.17, 15) is 13.6 Å². The molecule has 2 aromatic carbocycles. The van der Waals surface area contributed by atoms with Crippen LogP contribution in [-0.2, 0) is 22.6 Å². The number of rotatable bonds is 10. The van der Waals surface area contributed by atoms with E-state index in [1.54, 1.807) is 6.20 Å². The molecule has 224 valence electrons. The van der Waals surface area contributed by atoms with Crippen molar-refractivity contribution in [1.82, 2.24) is 14.9 Å². The zero-order valence-electron chi connectivity index (χ0n) is 25.0. The van der Waals surface area contributed by atoms with Gasteiger partial charge in [0.15, 0.2) is 0 Å². The maximum Gasteiger partial charge on any atom is 0.309 e. The highest BCUT2D eigenvalue weighted by molar-refractivity contribution is 5.74. The molecule has 1 saturated carbocycles. The molecule has 0 radical (unpaired) electrons. The lowest BCUT2D eigenvalue weighted by Gasteiger charge is -2.35. The number of carbonyl (C=O) groups excluding carboxylic acids is 1. The monoisotopic (exact) mass is 585 g/mol. The number of aromatic nitrogens is 2. The SMILES string of the molecule is C=C(NCc1cc(F)cc(F)c1)c1cccc(Oc2ccnc(-c3ccn(CC4CC(C(=O)OC(C)(C)C)C4)c3)c2)c1C. The summed E-state index contributed by atoms with van der Waals surface area (Å²) >= 11 is 0. The molecule has 0 aliphatic heterocycles. The van der Waals surface area contributed by atoms with E-state index in [-0.39, 0.29) is 18.4 Å². The first-order valence-electron chi connectivity index (χ1n) is 14.4. The predicted octanol–water partition coefficient (Wildman–Crippen LogP) is 8.06. The van der Waals surface area contributed by atoms with Crippen LogP contribution >= 0.6 is 0 Å². The maximum atomic E-state index is 13.6. The van der Waals surface area contributed by atoms with Gasteiger partial charge in [-0.15, -0.1) is 0 Å². The van der Waals surface area contributed by atoms with E-state index in [4.69, 9.17) is 9.47 Å². The molecule has 8 heteroatoms. The molecule has 2 heterocycles. The number of carbonyl (C=O) groups is 1. The van der Waals surface area contributed by atoms with Crippen LogP contribution in [0.25, 0.3) is 17.0 Å². The molecule has 0 bridgehead atoms. The van der Waals surface area contributed by atoms with E-state index in [2.05, 4.69) is 27.6 Å². The number of hydrogen-bond donors (Lipinski definition) is 1. The van der Waals surface area contributed by atoms with Crippen LogP contribution in [0.3, 0.4) is 0 Å². The van der Waals surface area contributed by atoms with Gasteiger partial charge in [-0.3, -0.25) is 9.78 Å². The molecule has 1 fully saturated rings. The quantitative estimate of drug-likeness (QED) is 0.191. The van der Waals surface area contributed by atoms with Gasteiger partial charge in [0.1, 0.15) is 28.7 Å². The van der Waals surface area contributed by atoms with Crippen molar-refractivity contribution in [2.24, 2.45) is 11.8 Å². The largest absolute Gasteiger partial charge is 0.460 e. The Bertz CT molecular complexity index is 1610. The number of halogens is 2. The highest BCUT2D eigenvalue weighted by Gasteiger charge is 2.37. The van der Waals surface area contributed by atoms with E-state index in [0.29, 0.717) is 28.7 Å². The van der Waals surface area contributed by atoms with E-state index in [0.717, 1.165) is 47.8 Å². The fraction of sp³-hybridized carbons (Fsp3) is 0.314. The third kappa shape index (κ3) is 7.69. The Morgan fingerprint density at radius 3 is 2.56 bits per heavy atom. The van der Waals surface area contributed by atoms with Gasteiger partial charge in [-0.05, 0) is 82.3 Å². The molecule has 4 aromatic rings. The van der Waals surface area contributed by atoms with Crippen LogP contribution in [0.5, 0.6) is 11.5 Å². The smallest absolute Gasteiger partial charge is 0.309 e. The van der Waals surface area contributed by atoms with Gasteiger partial charge in [-0.25, -0.2) is 8.78 Å². The standard InChI is InChI=1S/C35H37F2N3O3/c1-22-31(23(2)39-19-24-15-28(36)17-29(37)16-24)7-6-8-33(22)42-30-9-11-38-32(18-30)26-10-12-40(21-26)20-25-13-27(14-25)34(41)43-35(3,4)5/h6-12,15-18,21,25,27,39H,2,13-14,19-20H2,1,3-5H3. The summed E-state index contributed by atoms with van der Waals surface area (Å²) in [5, 5.41) is 3.15. The van der Waals surface area contributed by atoms with Crippen LogP contribution < -0.4 is 10.1 Å². The van der Waals surface area contributed by atoms with Gasteiger partial charge in [0.2, 0.25) is 0 Å². The molecule has 43 heavy (non-hydrogen) atoms. The molecule has 0 unspecified atom stereocenters. The second kappa shape index (κ2) is 12.4. The first kappa shape index (κ1) is 30.0. The number of ether oxygens (including phenoxy) is 2. The topological polar surface area (TPSA) is 65.4 Å². The van der Waals surface area contributed by atoms with Crippen LogP contribution in [-0.4, -0.2) is 21.1 Å². The number of benzene rings is 2. The fourth-order valence-electron chi connectivity index (χ4n) is 5.29. The minimum absolute atomic E-state index is 0.0114. The number of nitrogens with one attached hydrogen (secondary N) is 1. The molecule has 1 N–H and O–H groups in total. The van der Waals surface area contributed by atoms with Crippen molar-refractivity contribution in [2.75, 3.05) is 0 Å². The lowest BCUT2D eigenvalue weighted by molar-refractivity contribution is -0.165. The van der Waals surface area contributed by atoms with Gasteiger partial charge in [-0.1, -0.05) is 18.7 Å². The lowest BCUT2D eigenvalue weighted by Crippen LogP contribution is -2.37. The normalized spacial score (nSPS) is 16.3. The van der Waals surface area contributed by atoms with E-state index >= 15 is 0 Å². The zero-order chi connectivity index (χ0) is 30.7. The fourth-order valence-corrected chi connectivity index (χ4v) is 5.29. The number of nitrogens with zero attached hydrogens (tertiary/aromatic N) is 2. The summed E-state index contributed by atoms with van der Waals surface area (Å²) in [5.41, 5.74) is 4.13. The minimum Gasteiger partial charge on any atom is -0.460 e. The van der Waals surface area contributed by atoms with Crippen molar-refractivity contribution < 1.29 is 23.0 Å². The lowest BCUT2D eigenvalue weighted by atomic mass is 9.75. The molecule has 0 spiro atoms. The number of hydrogen-bond acceptors (Lipinski definition) is 5. The van der Waals surface area contributed by atoms with Crippen LogP contribution in [0.4, 0.5) is 8.78 Å². The number of esters is 1. The molecule has 1 aliphatic carbocycles. The van der Waals surface area contributed by atoms with Crippen molar-refractivity contribution in [1.29, 1.82) is 0 Å². The predicted molar refractivity (Wildman–Crippen MR) is 163 cm³/mol. The van der Waals surface area contributed by atoms with Crippen molar-refractivity contribution in [3.63, 3.8) is 0 Å². The van der Waals surface area contributed by atoms with E-state index in [1.165, 1.54) is 12.1 Å². The Morgan fingerprint density at radius 2 is 1.84 bits per heavy atom. The van der Waals surface area contributed by atoms with Gasteiger partial charge in [0.25, 0.3) is 0 Å². The Balaban J connectivity index is 1.20. The summed E-state index contributed by atoms with van der Waals surface area (Å²) in [4.78, 5) is 16.8. The van der Waals surface area contributed by atoms with Gasteiger partial charge >= 0.3 is 5.97 Å². The third-order valence-corrected chi connectivity index (χ3v) is 7.49. The highest BCUT2D eigenvalue weighted by atomic mass is 19.1. The summed E-state index contributed by atoms with van der Waals surface area (Å²) in [7, 11) is 0. The number of pyridine rings is 1. The molecular weight excluding hydrogens is 548 g/mol. The Kier molecular flexibility index (Phi) is 8.67. The first-order chi connectivity index (χ1) is 20.4. The zero-order valence-corrected chi connectivity index (χ0v) is 25.0. The van der Waals surface area contributed by atoms with Crippen LogP contribution in [0.2, 0.25) is 0 Å². The molecule has 1 aliphatic rings. The van der Waals surface area contributed by atoms with Crippen molar-refractivity contribution >= 4 is 11.7 Å². The average Bonchev–Trinajstić information content (AvgIpc) is 3.38. The third-order valence-electron chi connectivity index (χ3n) is 7.49. The van der Waals surface area contributed by atoms with Crippen molar-refractivity contribution in [3.05, 3.63) is 108 Å². The highest BCUT2D eigenvalue weighted by Crippen LogP contribution is 2.37. The summed E-state index contributed by atoms with van der Waals surface area (Å²) in [6.07, 6.45) is 7.51. The molecule has 0 saturated heterocycles. The molecular formula is C35H37F2N3O3. The summed E-state index contributed by atoms with van der Waals surface area (Å²) < 4.78 is 41.0. The summed E-state index contributed by atoms with van der Waals surface area (Å²) in [5.74, 6) is 0.406. The van der Waals surface area contributed by atoms with Crippen molar-refractivity contribution in [3.8, 4) is 22.8 Å². The van der Waals surface area contributed by atoms with Crippen LogP contribution in [0.1, 0.15) is 50.3 Å². The van der Waals surface area contributed by atoms with E-state index < -0.39 is 17.2 Å². The molecule has 2 aromatic heterocycles. The van der Waals surface area contributed by atoms with Gasteiger partial charge in [0.05, 0.1) is 11.6 Å². The second-order valence-electron chi connectivity index (χ2n) is 12.2. The van der Waals surface area contributed by atoms with Crippen LogP contribution in [0, 0.1) is 30.4 Å². The van der Waals surface area contributed by atoms with Gasteiger partial charge in [0, 0.05) is 66.2 Å². The minimum atomic E-state index is -0.617. The Hall–Kier alpha value is -4.46.